The molecule has 0 bridgehead atoms. The molecular weight excluding hydrogens is 524 g/mol. The van der Waals surface area contributed by atoms with Gasteiger partial charge in [0.15, 0.2) is 5.78 Å². The van der Waals surface area contributed by atoms with Crippen molar-refractivity contribution in [1.29, 1.82) is 0 Å². The fraction of sp³-hybridized carbons (Fsp3) is 0.345. The number of ketones is 1. The van der Waals surface area contributed by atoms with E-state index in [4.69, 9.17) is 20.8 Å². The number of thioether (sulfide) groups is 1. The van der Waals surface area contributed by atoms with E-state index in [1.165, 1.54) is 11.8 Å². The summed E-state index contributed by atoms with van der Waals surface area (Å²) in [6.07, 6.45) is 2.30. The highest BCUT2D eigenvalue weighted by Crippen LogP contribution is 2.16. The number of ether oxygens (including phenoxy) is 1. The van der Waals surface area contributed by atoms with Gasteiger partial charge in [-0.15, -0.1) is 11.8 Å². The molecule has 1 unspecified atom stereocenters. The van der Waals surface area contributed by atoms with E-state index in [9.17, 15) is 14.4 Å². The first-order chi connectivity index (χ1) is 18.3. The Kier molecular flexibility index (Phi) is 11.8. The normalized spacial score (nSPS) is 13.4. The average molecular weight is 557 g/mol. The van der Waals surface area contributed by atoms with Gasteiger partial charge >= 0.3 is 0 Å². The summed E-state index contributed by atoms with van der Waals surface area (Å²) in [5.74, 6) is 0.881. The summed E-state index contributed by atoms with van der Waals surface area (Å²) in [5.41, 5.74) is -0.400. The van der Waals surface area contributed by atoms with Gasteiger partial charge in [0.05, 0.1) is 23.8 Å². The molecule has 0 spiro atoms. The summed E-state index contributed by atoms with van der Waals surface area (Å²) in [7, 11) is 0. The average Bonchev–Trinajstić information content (AvgIpc) is 3.42. The minimum absolute atomic E-state index is 0.0991. The maximum atomic E-state index is 13.4. The fourth-order valence-electron chi connectivity index (χ4n) is 3.73. The monoisotopic (exact) mass is 556 g/mol. The summed E-state index contributed by atoms with van der Waals surface area (Å²) in [5, 5.41) is 5.59. The van der Waals surface area contributed by atoms with Crippen LogP contribution in [-0.2, 0) is 26.6 Å². The molecule has 0 saturated carbocycles. The van der Waals surface area contributed by atoms with Crippen LogP contribution in [0.25, 0.3) is 0 Å². The van der Waals surface area contributed by atoms with E-state index in [2.05, 4.69) is 10.6 Å². The number of hydrogen-bond acceptors (Lipinski definition) is 6. The standard InChI is InChI=1S/C29H33ClN2O5S/c1-20(2)16-25(32-29(35)27(30)37-22-12-7-4-8-13-22)28(34)31-24(17-21-10-5-3-6-11-21)26(33)19-38-18-23-14-9-15-36-23/h3-15,20,24-25,27H,16-19H2,1-2H3,(H,31,34)(H,32,35)/t24-,25-,27?/m0/s1. The highest BCUT2D eigenvalue weighted by atomic mass is 35.5. The van der Waals surface area contributed by atoms with Crippen LogP contribution in [0.5, 0.6) is 5.75 Å². The largest absolute Gasteiger partial charge is 0.468 e. The Labute approximate surface area is 232 Å². The minimum Gasteiger partial charge on any atom is -0.468 e. The summed E-state index contributed by atoms with van der Waals surface area (Å²) in [6, 6.07) is 20.2. The maximum absolute atomic E-state index is 13.4. The third-order valence-electron chi connectivity index (χ3n) is 5.59. The molecule has 0 radical (unpaired) electrons. The molecule has 2 amide bonds. The molecule has 38 heavy (non-hydrogen) atoms. The van der Waals surface area contributed by atoms with Crippen molar-refractivity contribution in [3.05, 3.63) is 90.4 Å². The highest BCUT2D eigenvalue weighted by molar-refractivity contribution is 7.99. The molecule has 2 aromatic carbocycles. The summed E-state index contributed by atoms with van der Waals surface area (Å²) in [4.78, 5) is 39.4. The Morgan fingerprint density at radius 1 is 0.895 bits per heavy atom. The zero-order valence-electron chi connectivity index (χ0n) is 21.5. The number of halogens is 1. The Balaban J connectivity index is 1.66. The zero-order chi connectivity index (χ0) is 27.3. The lowest BCUT2D eigenvalue weighted by Gasteiger charge is -2.25. The molecule has 0 aliphatic rings. The molecular formula is C29H33ClN2O5S. The second kappa shape index (κ2) is 15.2. The van der Waals surface area contributed by atoms with Crippen LogP contribution >= 0.6 is 23.4 Å². The molecule has 3 aromatic rings. The number of alkyl halides is 1. The number of carbonyl (C=O) groups is 3. The van der Waals surface area contributed by atoms with E-state index in [1.807, 2.05) is 56.3 Å². The van der Waals surface area contributed by atoms with Gasteiger partial charge < -0.3 is 19.8 Å². The van der Waals surface area contributed by atoms with Crippen LogP contribution in [0.15, 0.2) is 83.5 Å². The fourth-order valence-corrected chi connectivity index (χ4v) is 4.76. The number of furan rings is 1. The van der Waals surface area contributed by atoms with E-state index in [0.717, 1.165) is 11.3 Å². The third-order valence-corrected chi connectivity index (χ3v) is 6.85. The lowest BCUT2D eigenvalue weighted by Crippen LogP contribution is -2.54. The molecule has 1 heterocycles. The molecule has 0 aliphatic heterocycles. The number of amides is 2. The number of rotatable bonds is 15. The second-order valence-electron chi connectivity index (χ2n) is 9.23. The number of benzene rings is 2. The van der Waals surface area contributed by atoms with Crippen molar-refractivity contribution in [1.82, 2.24) is 10.6 Å². The van der Waals surface area contributed by atoms with Crippen molar-refractivity contribution in [3.63, 3.8) is 0 Å². The Morgan fingerprint density at radius 2 is 1.55 bits per heavy atom. The zero-order valence-corrected chi connectivity index (χ0v) is 23.0. The topological polar surface area (TPSA) is 97.6 Å². The van der Waals surface area contributed by atoms with Gasteiger partial charge in [0.2, 0.25) is 11.5 Å². The van der Waals surface area contributed by atoms with Crippen molar-refractivity contribution >= 4 is 41.0 Å². The van der Waals surface area contributed by atoms with Crippen molar-refractivity contribution in [2.45, 2.75) is 50.1 Å². The van der Waals surface area contributed by atoms with E-state index in [1.54, 1.807) is 36.6 Å². The molecule has 0 saturated heterocycles. The molecule has 2 N–H and O–H groups in total. The molecule has 1 aromatic heterocycles. The third kappa shape index (κ3) is 9.91. The summed E-state index contributed by atoms with van der Waals surface area (Å²) in [6.45, 7) is 3.89. The van der Waals surface area contributed by atoms with Gasteiger partial charge in [-0.3, -0.25) is 14.4 Å². The lowest BCUT2D eigenvalue weighted by molar-refractivity contribution is -0.132. The predicted octanol–water partition coefficient (Wildman–Crippen LogP) is 4.98. The maximum Gasteiger partial charge on any atom is 0.277 e. The van der Waals surface area contributed by atoms with Gasteiger partial charge in [0.25, 0.3) is 5.91 Å². The molecule has 9 heteroatoms. The first-order valence-electron chi connectivity index (χ1n) is 12.4. The smallest absolute Gasteiger partial charge is 0.277 e. The molecule has 3 rings (SSSR count). The Hall–Kier alpha value is -3.23. The highest BCUT2D eigenvalue weighted by Gasteiger charge is 2.29. The van der Waals surface area contributed by atoms with Crippen LogP contribution in [0.1, 0.15) is 31.6 Å². The number of carbonyl (C=O) groups excluding carboxylic acids is 3. The lowest BCUT2D eigenvalue weighted by atomic mass is 10.00. The van der Waals surface area contributed by atoms with E-state index in [0.29, 0.717) is 24.3 Å². The van der Waals surface area contributed by atoms with E-state index in [-0.39, 0.29) is 17.5 Å². The van der Waals surface area contributed by atoms with Crippen molar-refractivity contribution in [2.75, 3.05) is 5.75 Å². The Bertz CT molecular complexity index is 1140. The summed E-state index contributed by atoms with van der Waals surface area (Å²) >= 11 is 7.60. The molecule has 202 valence electrons. The molecule has 0 fully saturated rings. The molecule has 7 nitrogen and oxygen atoms in total. The molecule has 3 atom stereocenters. The predicted molar refractivity (Wildman–Crippen MR) is 150 cm³/mol. The van der Waals surface area contributed by atoms with Crippen molar-refractivity contribution in [2.24, 2.45) is 5.92 Å². The van der Waals surface area contributed by atoms with Crippen LogP contribution in [0, 0.1) is 5.92 Å². The van der Waals surface area contributed by atoms with Gasteiger partial charge in [-0.05, 0) is 48.6 Å². The molecule has 0 aliphatic carbocycles. The van der Waals surface area contributed by atoms with Crippen LogP contribution in [0.2, 0.25) is 0 Å². The first kappa shape index (κ1) is 29.3. The van der Waals surface area contributed by atoms with E-state index >= 15 is 0 Å². The van der Waals surface area contributed by atoms with Gasteiger partial charge in [0, 0.05) is 0 Å². The summed E-state index contributed by atoms with van der Waals surface area (Å²) < 4.78 is 10.8. The number of Topliss-reactive ketones (excluding diaryl/α,β-unsaturated/α-hetero) is 1. The quantitative estimate of drug-likeness (QED) is 0.256. The van der Waals surface area contributed by atoms with Gasteiger partial charge in [-0.25, -0.2) is 0 Å². The number of hydrogen-bond donors (Lipinski definition) is 2. The van der Waals surface area contributed by atoms with Gasteiger partial charge in [-0.1, -0.05) is 74.0 Å². The second-order valence-corrected chi connectivity index (χ2v) is 10.6. The Morgan fingerprint density at radius 3 is 2.18 bits per heavy atom. The number of para-hydroxylation sites is 1. The SMILES string of the molecule is CC(C)C[C@H](NC(=O)C(Cl)Oc1ccccc1)C(=O)N[C@@H](Cc1ccccc1)C(=O)CSCc1ccco1. The van der Waals surface area contributed by atoms with Crippen LogP contribution in [0.3, 0.4) is 0 Å². The van der Waals surface area contributed by atoms with Crippen molar-refractivity contribution < 1.29 is 23.5 Å². The van der Waals surface area contributed by atoms with Crippen LogP contribution in [0.4, 0.5) is 0 Å². The minimum atomic E-state index is -1.32. The van der Waals surface area contributed by atoms with Crippen molar-refractivity contribution in [3.8, 4) is 5.75 Å². The van der Waals surface area contributed by atoms with E-state index < -0.39 is 29.5 Å². The van der Waals surface area contributed by atoms with Gasteiger partial charge in [0.1, 0.15) is 17.6 Å². The first-order valence-corrected chi connectivity index (χ1v) is 14.0. The van der Waals surface area contributed by atoms with Gasteiger partial charge in [-0.2, -0.15) is 0 Å². The van der Waals surface area contributed by atoms with Crippen LogP contribution in [-0.4, -0.2) is 41.0 Å². The number of nitrogens with one attached hydrogen (secondary N) is 2. The van der Waals surface area contributed by atoms with Crippen LogP contribution < -0.4 is 15.4 Å².